The standard InChI is InChI=1S/C13H10Cl2F3N3/c1-2-19-12-6(14)5-7(15)13(21-12)20-9-4-3-8(16)10(17)11(9)18/h3-5H,2H2,1H3,(H2,19,20,21). The Morgan fingerprint density at radius 1 is 1.05 bits per heavy atom. The second kappa shape index (κ2) is 6.41. The number of hydrogen-bond acceptors (Lipinski definition) is 3. The molecular formula is C13H10Cl2F3N3. The van der Waals surface area contributed by atoms with E-state index in [9.17, 15) is 13.2 Å². The summed E-state index contributed by atoms with van der Waals surface area (Å²) in [5, 5.41) is 5.81. The minimum Gasteiger partial charge on any atom is -0.369 e. The molecule has 0 saturated carbocycles. The number of aromatic nitrogens is 1. The summed E-state index contributed by atoms with van der Waals surface area (Å²) < 4.78 is 39.7. The molecule has 0 aliphatic rings. The van der Waals surface area contributed by atoms with E-state index in [0.717, 1.165) is 12.1 Å². The number of halogens is 5. The molecule has 2 N–H and O–H groups in total. The average Bonchev–Trinajstić information content (AvgIpc) is 2.44. The molecule has 0 atom stereocenters. The van der Waals surface area contributed by atoms with E-state index in [2.05, 4.69) is 15.6 Å². The molecule has 8 heteroatoms. The molecule has 2 aromatic rings. The first kappa shape index (κ1) is 15.7. The zero-order chi connectivity index (χ0) is 15.6. The molecule has 1 aromatic heterocycles. The Bertz CT molecular complexity index is 680. The van der Waals surface area contributed by atoms with Crippen LogP contribution in [0, 0.1) is 17.5 Å². The molecule has 0 fully saturated rings. The van der Waals surface area contributed by atoms with Crippen LogP contribution in [0.1, 0.15) is 6.92 Å². The van der Waals surface area contributed by atoms with E-state index in [1.807, 2.05) is 6.92 Å². The van der Waals surface area contributed by atoms with E-state index in [-0.39, 0.29) is 21.6 Å². The molecule has 3 nitrogen and oxygen atoms in total. The van der Waals surface area contributed by atoms with Crippen LogP contribution in [0.15, 0.2) is 18.2 Å². The molecule has 0 radical (unpaired) electrons. The van der Waals surface area contributed by atoms with Gasteiger partial charge in [-0.3, -0.25) is 0 Å². The van der Waals surface area contributed by atoms with Crippen LogP contribution in [0.5, 0.6) is 0 Å². The quantitative estimate of drug-likeness (QED) is 0.773. The summed E-state index contributed by atoms with van der Waals surface area (Å²) in [6, 6.07) is 3.26. The van der Waals surface area contributed by atoms with Gasteiger partial charge in [0.25, 0.3) is 0 Å². The zero-order valence-corrected chi connectivity index (χ0v) is 12.3. The predicted molar refractivity (Wildman–Crippen MR) is 78.0 cm³/mol. The molecule has 21 heavy (non-hydrogen) atoms. The highest BCUT2D eigenvalue weighted by atomic mass is 35.5. The summed E-state index contributed by atoms with van der Waals surface area (Å²) in [4.78, 5) is 4.08. The maximum Gasteiger partial charge on any atom is 0.196 e. The maximum absolute atomic E-state index is 13.6. The van der Waals surface area contributed by atoms with E-state index < -0.39 is 17.5 Å². The highest BCUT2D eigenvalue weighted by molar-refractivity contribution is 6.37. The molecule has 0 amide bonds. The molecule has 112 valence electrons. The predicted octanol–water partition coefficient (Wildman–Crippen LogP) is 4.98. The topological polar surface area (TPSA) is 37.0 Å². The number of rotatable bonds is 4. The van der Waals surface area contributed by atoms with Crippen molar-refractivity contribution >= 4 is 40.5 Å². The minimum atomic E-state index is -1.57. The van der Waals surface area contributed by atoms with Crippen LogP contribution < -0.4 is 10.6 Å². The third kappa shape index (κ3) is 3.33. The van der Waals surface area contributed by atoms with Gasteiger partial charge in [0.1, 0.15) is 5.82 Å². The van der Waals surface area contributed by atoms with Crippen molar-refractivity contribution in [3.8, 4) is 0 Å². The van der Waals surface area contributed by atoms with Crippen molar-refractivity contribution in [3.63, 3.8) is 0 Å². The summed E-state index contributed by atoms with van der Waals surface area (Å²) in [5.74, 6) is -3.79. The lowest BCUT2D eigenvalue weighted by Crippen LogP contribution is -2.05. The third-order valence-electron chi connectivity index (χ3n) is 2.56. The van der Waals surface area contributed by atoms with Gasteiger partial charge in [0.15, 0.2) is 23.3 Å². The molecule has 0 spiro atoms. The van der Waals surface area contributed by atoms with E-state index in [4.69, 9.17) is 23.2 Å². The van der Waals surface area contributed by atoms with Crippen LogP contribution in [0.4, 0.5) is 30.5 Å². The third-order valence-corrected chi connectivity index (χ3v) is 3.14. The summed E-state index contributed by atoms with van der Waals surface area (Å²) in [7, 11) is 0. The first-order chi connectivity index (χ1) is 9.93. The van der Waals surface area contributed by atoms with Gasteiger partial charge in [-0.25, -0.2) is 18.2 Å². The Kier molecular flexibility index (Phi) is 4.80. The smallest absolute Gasteiger partial charge is 0.196 e. The molecular weight excluding hydrogens is 326 g/mol. The Balaban J connectivity index is 2.40. The van der Waals surface area contributed by atoms with Crippen molar-refractivity contribution in [3.05, 3.63) is 45.7 Å². The summed E-state index contributed by atoms with van der Waals surface area (Å²) >= 11 is 11.9. The van der Waals surface area contributed by atoms with Crippen LogP contribution in [-0.2, 0) is 0 Å². The number of pyridine rings is 1. The largest absolute Gasteiger partial charge is 0.369 e. The number of nitrogens with zero attached hydrogens (tertiary/aromatic N) is 1. The van der Waals surface area contributed by atoms with Crippen molar-refractivity contribution in [1.82, 2.24) is 4.98 Å². The Morgan fingerprint density at radius 2 is 1.71 bits per heavy atom. The number of hydrogen-bond donors (Lipinski definition) is 2. The molecule has 0 saturated heterocycles. The number of benzene rings is 1. The minimum absolute atomic E-state index is 0.0712. The van der Waals surface area contributed by atoms with Gasteiger partial charge >= 0.3 is 0 Å². The molecule has 0 bridgehead atoms. The van der Waals surface area contributed by atoms with Crippen LogP contribution in [0.2, 0.25) is 10.0 Å². The Labute approximate surface area is 129 Å². The zero-order valence-electron chi connectivity index (χ0n) is 10.8. The maximum atomic E-state index is 13.6. The molecule has 1 heterocycles. The molecule has 0 unspecified atom stereocenters. The summed E-state index contributed by atoms with van der Waals surface area (Å²) in [6.07, 6.45) is 0. The van der Waals surface area contributed by atoms with E-state index >= 15 is 0 Å². The first-order valence-corrected chi connectivity index (χ1v) is 6.70. The average molecular weight is 336 g/mol. The van der Waals surface area contributed by atoms with Crippen molar-refractivity contribution in [2.45, 2.75) is 6.92 Å². The Hall–Kier alpha value is -1.66. The van der Waals surface area contributed by atoms with Gasteiger partial charge in [-0.05, 0) is 25.1 Å². The molecule has 0 aliphatic carbocycles. The van der Waals surface area contributed by atoms with E-state index in [1.54, 1.807) is 0 Å². The monoisotopic (exact) mass is 335 g/mol. The van der Waals surface area contributed by atoms with Gasteiger partial charge in [0.05, 0.1) is 15.7 Å². The van der Waals surface area contributed by atoms with E-state index in [0.29, 0.717) is 12.4 Å². The van der Waals surface area contributed by atoms with Crippen LogP contribution in [0.25, 0.3) is 0 Å². The summed E-state index contributed by atoms with van der Waals surface area (Å²) in [6.45, 7) is 2.40. The second-order valence-electron chi connectivity index (χ2n) is 4.03. The van der Waals surface area contributed by atoms with Gasteiger partial charge in [-0.2, -0.15) is 0 Å². The number of anilines is 3. The van der Waals surface area contributed by atoms with Crippen LogP contribution in [-0.4, -0.2) is 11.5 Å². The second-order valence-corrected chi connectivity index (χ2v) is 4.84. The van der Waals surface area contributed by atoms with Crippen molar-refractivity contribution in [1.29, 1.82) is 0 Å². The summed E-state index contributed by atoms with van der Waals surface area (Å²) in [5.41, 5.74) is -0.284. The van der Waals surface area contributed by atoms with Gasteiger partial charge in [0.2, 0.25) is 0 Å². The fourth-order valence-corrected chi connectivity index (χ4v) is 2.07. The molecule has 0 aliphatic heterocycles. The van der Waals surface area contributed by atoms with Crippen molar-refractivity contribution < 1.29 is 13.2 Å². The fraction of sp³-hybridized carbons (Fsp3) is 0.154. The number of nitrogens with one attached hydrogen (secondary N) is 2. The highest BCUT2D eigenvalue weighted by Gasteiger charge is 2.16. The first-order valence-electron chi connectivity index (χ1n) is 5.94. The van der Waals surface area contributed by atoms with Gasteiger partial charge < -0.3 is 10.6 Å². The molecule has 1 aromatic carbocycles. The van der Waals surface area contributed by atoms with Crippen LogP contribution in [0.3, 0.4) is 0 Å². The van der Waals surface area contributed by atoms with Crippen LogP contribution >= 0.6 is 23.2 Å². The van der Waals surface area contributed by atoms with E-state index in [1.165, 1.54) is 6.07 Å². The Morgan fingerprint density at radius 3 is 2.38 bits per heavy atom. The van der Waals surface area contributed by atoms with Gasteiger partial charge in [-0.1, -0.05) is 23.2 Å². The highest BCUT2D eigenvalue weighted by Crippen LogP contribution is 2.32. The van der Waals surface area contributed by atoms with Gasteiger partial charge in [-0.15, -0.1) is 0 Å². The lowest BCUT2D eigenvalue weighted by Gasteiger charge is -2.12. The molecule has 2 rings (SSSR count). The van der Waals surface area contributed by atoms with Gasteiger partial charge in [0, 0.05) is 6.54 Å². The fourth-order valence-electron chi connectivity index (χ4n) is 1.60. The lowest BCUT2D eigenvalue weighted by atomic mass is 10.2. The lowest BCUT2D eigenvalue weighted by molar-refractivity contribution is 0.449. The normalized spacial score (nSPS) is 10.6. The SMILES string of the molecule is CCNc1nc(Nc2ccc(F)c(F)c2F)c(Cl)cc1Cl. The van der Waals surface area contributed by atoms with Crippen molar-refractivity contribution in [2.24, 2.45) is 0 Å². The van der Waals surface area contributed by atoms with Crippen molar-refractivity contribution in [2.75, 3.05) is 17.2 Å².